The van der Waals surface area contributed by atoms with E-state index < -0.39 is 10.5 Å². The summed E-state index contributed by atoms with van der Waals surface area (Å²) in [5.41, 5.74) is -0.797. The Morgan fingerprint density at radius 3 is 2.59 bits per heavy atom. The fraction of sp³-hybridized carbons (Fsp3) is 0.636. The van der Waals surface area contributed by atoms with Crippen LogP contribution >= 0.6 is 0 Å². The Morgan fingerprint density at radius 2 is 2.18 bits per heavy atom. The molecule has 1 aromatic heterocycles. The van der Waals surface area contributed by atoms with Gasteiger partial charge in [-0.25, -0.2) is 0 Å². The largest absolute Gasteiger partial charge is 0.433 e. The molecular formula is C11H18N2O4. The lowest BCUT2D eigenvalue weighted by molar-refractivity contribution is -0.402. The van der Waals surface area contributed by atoms with E-state index in [1.807, 2.05) is 11.8 Å². The number of nitro groups is 1. The predicted molar refractivity (Wildman–Crippen MR) is 62.6 cm³/mol. The predicted octanol–water partition coefficient (Wildman–Crippen LogP) is 1.78. The zero-order chi connectivity index (χ0) is 13.1. The van der Waals surface area contributed by atoms with Crippen molar-refractivity contribution in [1.82, 2.24) is 4.90 Å². The van der Waals surface area contributed by atoms with Crippen LogP contribution in [0, 0.1) is 10.1 Å². The lowest BCUT2D eigenvalue weighted by Crippen LogP contribution is -2.38. The molecule has 1 heterocycles. The summed E-state index contributed by atoms with van der Waals surface area (Å²) in [5.74, 6) is 0.280. The molecule has 0 bridgehead atoms. The van der Waals surface area contributed by atoms with Crippen LogP contribution in [0.15, 0.2) is 16.5 Å². The third-order valence-corrected chi connectivity index (χ3v) is 2.26. The second-order valence-corrected chi connectivity index (χ2v) is 4.61. The van der Waals surface area contributed by atoms with E-state index in [0.29, 0.717) is 18.8 Å². The molecule has 0 amide bonds. The summed E-state index contributed by atoms with van der Waals surface area (Å²) in [6, 6.07) is 2.93. The van der Waals surface area contributed by atoms with Crippen molar-refractivity contribution in [1.29, 1.82) is 0 Å². The van der Waals surface area contributed by atoms with E-state index in [0.717, 1.165) is 6.54 Å². The van der Waals surface area contributed by atoms with Crippen molar-refractivity contribution in [3.8, 4) is 0 Å². The van der Waals surface area contributed by atoms with Gasteiger partial charge in [0, 0.05) is 6.54 Å². The molecule has 1 N–H and O–H groups in total. The highest BCUT2D eigenvalue weighted by Crippen LogP contribution is 2.18. The number of aliphatic hydroxyl groups is 1. The van der Waals surface area contributed by atoms with Crippen molar-refractivity contribution in [2.24, 2.45) is 0 Å². The second-order valence-electron chi connectivity index (χ2n) is 4.61. The van der Waals surface area contributed by atoms with Crippen LogP contribution in [0.2, 0.25) is 0 Å². The van der Waals surface area contributed by atoms with E-state index in [1.165, 1.54) is 6.07 Å². The van der Waals surface area contributed by atoms with Gasteiger partial charge < -0.3 is 9.52 Å². The molecule has 0 spiro atoms. The van der Waals surface area contributed by atoms with Crippen LogP contribution in [0.4, 0.5) is 5.88 Å². The molecule has 1 rings (SSSR count). The first-order chi connectivity index (χ1) is 7.81. The molecule has 1 aromatic rings. The Balaban J connectivity index is 2.64. The molecule has 0 aliphatic carbocycles. The summed E-state index contributed by atoms with van der Waals surface area (Å²) in [7, 11) is 0. The van der Waals surface area contributed by atoms with Crippen molar-refractivity contribution >= 4 is 5.88 Å². The number of likely N-dealkylation sites (N-methyl/N-ethyl adjacent to an activating group) is 1. The maximum atomic E-state index is 10.5. The van der Waals surface area contributed by atoms with Gasteiger partial charge >= 0.3 is 5.88 Å². The van der Waals surface area contributed by atoms with Gasteiger partial charge in [-0.05, 0) is 26.5 Å². The van der Waals surface area contributed by atoms with Crippen LogP contribution in [0.5, 0.6) is 0 Å². The van der Waals surface area contributed by atoms with Crippen LogP contribution in [-0.2, 0) is 6.54 Å². The van der Waals surface area contributed by atoms with Gasteiger partial charge in [0.1, 0.15) is 10.7 Å². The standard InChI is InChI=1S/C11H18N2O4/c1-4-12(8-11(2,3)14)7-9-5-6-10(17-9)13(15)16/h5-6,14H,4,7-8H2,1-3H3. The van der Waals surface area contributed by atoms with E-state index in [1.54, 1.807) is 19.9 Å². The monoisotopic (exact) mass is 242 g/mol. The first kappa shape index (κ1) is 13.7. The minimum Gasteiger partial charge on any atom is -0.404 e. The molecule has 0 radical (unpaired) electrons. The van der Waals surface area contributed by atoms with Crippen LogP contribution in [0.3, 0.4) is 0 Å². The summed E-state index contributed by atoms with van der Waals surface area (Å²) < 4.78 is 5.07. The Kier molecular flexibility index (Phi) is 4.25. The average molecular weight is 242 g/mol. The number of hydrogen-bond acceptors (Lipinski definition) is 5. The minimum atomic E-state index is -0.797. The summed E-state index contributed by atoms with van der Waals surface area (Å²) in [4.78, 5) is 11.9. The Bertz CT molecular complexity index is 381. The molecule has 0 saturated carbocycles. The van der Waals surface area contributed by atoms with Crippen LogP contribution < -0.4 is 0 Å². The SMILES string of the molecule is CCN(Cc1ccc([N+](=O)[O-])o1)CC(C)(C)O. The molecule has 6 heteroatoms. The molecule has 0 atom stereocenters. The zero-order valence-electron chi connectivity index (χ0n) is 10.3. The van der Waals surface area contributed by atoms with E-state index in [4.69, 9.17) is 4.42 Å². The van der Waals surface area contributed by atoms with E-state index in [-0.39, 0.29) is 5.88 Å². The van der Waals surface area contributed by atoms with Crippen LogP contribution in [0.1, 0.15) is 26.5 Å². The lowest BCUT2D eigenvalue weighted by Gasteiger charge is -2.26. The van der Waals surface area contributed by atoms with Gasteiger partial charge in [0.05, 0.1) is 18.2 Å². The van der Waals surface area contributed by atoms with E-state index in [9.17, 15) is 15.2 Å². The maximum Gasteiger partial charge on any atom is 0.433 e. The van der Waals surface area contributed by atoms with Crippen molar-refractivity contribution < 1.29 is 14.4 Å². The summed E-state index contributed by atoms with van der Waals surface area (Å²) in [6.07, 6.45) is 0. The summed E-state index contributed by atoms with van der Waals surface area (Å²) in [5, 5.41) is 20.2. The van der Waals surface area contributed by atoms with Crippen molar-refractivity contribution in [3.05, 3.63) is 28.0 Å². The van der Waals surface area contributed by atoms with Crippen molar-refractivity contribution in [3.63, 3.8) is 0 Å². The molecule has 6 nitrogen and oxygen atoms in total. The van der Waals surface area contributed by atoms with Crippen LogP contribution in [-0.4, -0.2) is 33.6 Å². The fourth-order valence-electron chi connectivity index (χ4n) is 1.60. The molecule has 0 aromatic carbocycles. The summed E-state index contributed by atoms with van der Waals surface area (Å²) in [6.45, 7) is 7.08. The minimum absolute atomic E-state index is 0.251. The molecular weight excluding hydrogens is 224 g/mol. The van der Waals surface area contributed by atoms with Gasteiger partial charge in [0.25, 0.3) is 0 Å². The molecule has 0 unspecified atom stereocenters. The average Bonchev–Trinajstić information content (AvgIpc) is 2.63. The van der Waals surface area contributed by atoms with Gasteiger partial charge in [-0.1, -0.05) is 6.92 Å². The highest BCUT2D eigenvalue weighted by atomic mass is 16.6. The number of hydrogen-bond donors (Lipinski definition) is 1. The fourth-order valence-corrected chi connectivity index (χ4v) is 1.60. The van der Waals surface area contributed by atoms with Gasteiger partial charge in [0.15, 0.2) is 0 Å². The molecule has 0 fully saturated rings. The zero-order valence-corrected chi connectivity index (χ0v) is 10.3. The molecule has 96 valence electrons. The van der Waals surface area contributed by atoms with Crippen molar-refractivity contribution in [2.45, 2.75) is 32.9 Å². The molecule has 0 saturated heterocycles. The Hall–Kier alpha value is -1.40. The number of furan rings is 1. The molecule has 0 aliphatic heterocycles. The topological polar surface area (TPSA) is 79.8 Å². The molecule has 17 heavy (non-hydrogen) atoms. The Morgan fingerprint density at radius 1 is 1.53 bits per heavy atom. The van der Waals surface area contributed by atoms with Crippen LogP contribution in [0.25, 0.3) is 0 Å². The van der Waals surface area contributed by atoms with Gasteiger partial charge in [-0.15, -0.1) is 0 Å². The highest BCUT2D eigenvalue weighted by molar-refractivity contribution is 5.17. The first-order valence-electron chi connectivity index (χ1n) is 5.49. The normalized spacial score (nSPS) is 12.1. The maximum absolute atomic E-state index is 10.5. The van der Waals surface area contributed by atoms with Gasteiger partial charge in [-0.2, -0.15) is 0 Å². The van der Waals surface area contributed by atoms with Gasteiger partial charge in [0.2, 0.25) is 0 Å². The third kappa shape index (κ3) is 4.54. The smallest absolute Gasteiger partial charge is 0.404 e. The number of nitrogens with zero attached hydrogens (tertiary/aromatic N) is 2. The Labute approximate surface area is 100.0 Å². The van der Waals surface area contributed by atoms with E-state index in [2.05, 4.69) is 0 Å². The third-order valence-electron chi connectivity index (χ3n) is 2.26. The van der Waals surface area contributed by atoms with E-state index >= 15 is 0 Å². The first-order valence-corrected chi connectivity index (χ1v) is 5.49. The van der Waals surface area contributed by atoms with Gasteiger partial charge in [-0.3, -0.25) is 15.0 Å². The summed E-state index contributed by atoms with van der Waals surface area (Å²) >= 11 is 0. The highest BCUT2D eigenvalue weighted by Gasteiger charge is 2.19. The second kappa shape index (κ2) is 5.29. The lowest BCUT2D eigenvalue weighted by atomic mass is 10.1. The number of rotatable bonds is 6. The van der Waals surface area contributed by atoms with Crippen molar-refractivity contribution in [2.75, 3.05) is 13.1 Å². The quantitative estimate of drug-likeness (QED) is 0.607. The molecule has 0 aliphatic rings.